The molecule has 0 aliphatic rings. The average molecular weight is 396 g/mol. The lowest BCUT2D eigenvalue weighted by Crippen LogP contribution is -2.17. The normalized spacial score (nSPS) is 12.9. The second-order valence-electron chi connectivity index (χ2n) is 3.75. The molecule has 0 amide bonds. The number of nitrogens with one attached hydrogen (secondary N) is 1. The molecule has 0 aromatic carbocycles. The van der Waals surface area contributed by atoms with E-state index in [1.807, 2.05) is 6.20 Å². The van der Waals surface area contributed by atoms with Crippen LogP contribution in [-0.4, -0.2) is 4.98 Å². The maximum absolute atomic E-state index is 4.39. The standard InChI is InChI=1S/C11H12Br2N2S2/c1-6-4-15-11(16-6)7(2)14-5-8-3-9(12)10(13)17-8/h3-4,7,14H,5H2,1-2H3. The maximum Gasteiger partial charge on any atom is 0.109 e. The van der Waals surface area contributed by atoms with E-state index in [0.717, 1.165) is 19.8 Å². The van der Waals surface area contributed by atoms with Gasteiger partial charge in [0.2, 0.25) is 0 Å². The summed E-state index contributed by atoms with van der Waals surface area (Å²) in [5, 5.41) is 4.64. The van der Waals surface area contributed by atoms with Crippen LogP contribution in [0.4, 0.5) is 0 Å². The summed E-state index contributed by atoms with van der Waals surface area (Å²) in [7, 11) is 0. The van der Waals surface area contributed by atoms with E-state index in [9.17, 15) is 0 Å². The van der Waals surface area contributed by atoms with Gasteiger partial charge < -0.3 is 5.32 Å². The summed E-state index contributed by atoms with van der Waals surface area (Å²) in [6, 6.07) is 2.44. The van der Waals surface area contributed by atoms with Crippen molar-refractivity contribution in [3.8, 4) is 0 Å². The molecule has 6 heteroatoms. The molecule has 17 heavy (non-hydrogen) atoms. The lowest BCUT2D eigenvalue weighted by Gasteiger charge is -2.09. The van der Waals surface area contributed by atoms with Crippen molar-refractivity contribution in [2.75, 3.05) is 0 Å². The van der Waals surface area contributed by atoms with Crippen molar-refractivity contribution in [1.82, 2.24) is 10.3 Å². The lowest BCUT2D eigenvalue weighted by atomic mass is 10.3. The zero-order valence-corrected chi connectivity index (χ0v) is 14.3. The van der Waals surface area contributed by atoms with E-state index in [2.05, 4.69) is 62.1 Å². The van der Waals surface area contributed by atoms with Gasteiger partial charge in [-0.2, -0.15) is 0 Å². The van der Waals surface area contributed by atoms with E-state index in [-0.39, 0.29) is 0 Å². The molecule has 0 aliphatic carbocycles. The highest BCUT2D eigenvalue weighted by Gasteiger charge is 2.10. The number of thiazole rings is 1. The second-order valence-corrected chi connectivity index (χ2v) is 8.32. The van der Waals surface area contributed by atoms with E-state index in [1.54, 1.807) is 22.7 Å². The molecule has 0 aliphatic heterocycles. The molecule has 0 saturated carbocycles. The minimum atomic E-state index is 0.299. The van der Waals surface area contributed by atoms with Crippen LogP contribution in [0, 0.1) is 6.92 Å². The molecular formula is C11H12Br2N2S2. The van der Waals surface area contributed by atoms with Crippen molar-refractivity contribution in [3.63, 3.8) is 0 Å². The first kappa shape index (κ1) is 13.7. The molecule has 92 valence electrons. The molecule has 2 heterocycles. The number of aromatic nitrogens is 1. The van der Waals surface area contributed by atoms with Crippen LogP contribution in [0.15, 0.2) is 20.5 Å². The van der Waals surface area contributed by atoms with Crippen molar-refractivity contribution in [3.05, 3.63) is 35.3 Å². The number of halogens is 2. The number of rotatable bonds is 4. The van der Waals surface area contributed by atoms with E-state index < -0.39 is 0 Å². The summed E-state index contributed by atoms with van der Waals surface area (Å²) >= 11 is 10.5. The van der Waals surface area contributed by atoms with Gasteiger partial charge in [-0.15, -0.1) is 22.7 Å². The largest absolute Gasteiger partial charge is 0.303 e. The fraction of sp³-hybridized carbons (Fsp3) is 0.364. The first-order valence-corrected chi connectivity index (χ1v) is 8.37. The highest BCUT2D eigenvalue weighted by molar-refractivity contribution is 9.13. The smallest absolute Gasteiger partial charge is 0.109 e. The first-order valence-electron chi connectivity index (χ1n) is 5.15. The van der Waals surface area contributed by atoms with Crippen LogP contribution in [0.5, 0.6) is 0 Å². The van der Waals surface area contributed by atoms with Gasteiger partial charge in [-0.1, -0.05) is 0 Å². The number of aryl methyl sites for hydroxylation is 1. The Bertz CT molecular complexity index is 488. The highest BCUT2D eigenvalue weighted by Crippen LogP contribution is 2.32. The first-order chi connectivity index (χ1) is 8.06. The molecule has 0 fully saturated rings. The van der Waals surface area contributed by atoms with Crippen molar-refractivity contribution in [2.45, 2.75) is 26.4 Å². The summed E-state index contributed by atoms with van der Waals surface area (Å²) < 4.78 is 2.27. The summed E-state index contributed by atoms with van der Waals surface area (Å²) in [5.41, 5.74) is 0. The summed E-state index contributed by atoms with van der Waals surface area (Å²) in [5.74, 6) is 0. The Labute approximate surface area is 126 Å². The molecule has 0 bridgehead atoms. The number of hydrogen-bond donors (Lipinski definition) is 1. The van der Waals surface area contributed by atoms with Crippen molar-refractivity contribution in [1.29, 1.82) is 0 Å². The van der Waals surface area contributed by atoms with Gasteiger partial charge in [0.05, 0.1) is 9.83 Å². The molecule has 2 rings (SSSR count). The predicted octanol–water partition coefficient (Wildman–Crippen LogP) is 4.89. The molecule has 1 unspecified atom stereocenters. The van der Waals surface area contributed by atoms with Crippen LogP contribution in [0.1, 0.15) is 27.7 Å². The van der Waals surface area contributed by atoms with Gasteiger partial charge in [0, 0.05) is 27.0 Å². The molecule has 2 aromatic heterocycles. The van der Waals surface area contributed by atoms with E-state index in [1.165, 1.54) is 9.75 Å². The number of thiophene rings is 1. The van der Waals surface area contributed by atoms with Gasteiger partial charge in [0.15, 0.2) is 0 Å². The Morgan fingerprint density at radius 3 is 2.71 bits per heavy atom. The van der Waals surface area contributed by atoms with Crippen LogP contribution in [0.2, 0.25) is 0 Å². The Balaban J connectivity index is 1.94. The molecule has 2 nitrogen and oxygen atoms in total. The fourth-order valence-corrected chi connectivity index (χ4v) is 4.32. The Morgan fingerprint density at radius 2 is 2.18 bits per heavy atom. The molecule has 0 spiro atoms. The van der Waals surface area contributed by atoms with Crippen LogP contribution in [0.25, 0.3) is 0 Å². The molecule has 1 N–H and O–H groups in total. The van der Waals surface area contributed by atoms with Crippen LogP contribution in [0.3, 0.4) is 0 Å². The van der Waals surface area contributed by atoms with Crippen LogP contribution < -0.4 is 5.32 Å². The van der Waals surface area contributed by atoms with Gasteiger partial charge >= 0.3 is 0 Å². The molecular weight excluding hydrogens is 384 g/mol. The molecule has 1 atom stereocenters. The van der Waals surface area contributed by atoms with Gasteiger partial charge in [-0.25, -0.2) is 4.98 Å². The van der Waals surface area contributed by atoms with Crippen molar-refractivity contribution < 1.29 is 0 Å². The minimum absolute atomic E-state index is 0.299. The summed E-state index contributed by atoms with van der Waals surface area (Å²) in [4.78, 5) is 6.96. The van der Waals surface area contributed by atoms with Gasteiger partial charge in [-0.3, -0.25) is 0 Å². The molecule has 0 radical (unpaired) electrons. The SMILES string of the molecule is Cc1cnc(C(C)NCc2cc(Br)c(Br)s2)s1. The molecule has 2 aromatic rings. The Hall–Kier alpha value is 0.250. The van der Waals surface area contributed by atoms with E-state index >= 15 is 0 Å². The van der Waals surface area contributed by atoms with Crippen LogP contribution in [-0.2, 0) is 6.54 Å². The van der Waals surface area contributed by atoms with Crippen molar-refractivity contribution in [2.24, 2.45) is 0 Å². The van der Waals surface area contributed by atoms with Gasteiger partial charge in [0.1, 0.15) is 5.01 Å². The number of hydrogen-bond acceptors (Lipinski definition) is 4. The monoisotopic (exact) mass is 394 g/mol. The Kier molecular flexibility index (Phi) is 4.77. The van der Waals surface area contributed by atoms with Crippen molar-refractivity contribution >= 4 is 54.5 Å². The van der Waals surface area contributed by atoms with E-state index in [4.69, 9.17) is 0 Å². The predicted molar refractivity (Wildman–Crippen MR) is 81.8 cm³/mol. The van der Waals surface area contributed by atoms with E-state index in [0.29, 0.717) is 6.04 Å². The highest BCUT2D eigenvalue weighted by atomic mass is 79.9. The topological polar surface area (TPSA) is 24.9 Å². The number of nitrogens with zero attached hydrogens (tertiary/aromatic N) is 1. The Morgan fingerprint density at radius 1 is 1.41 bits per heavy atom. The maximum atomic E-state index is 4.39. The zero-order valence-electron chi connectivity index (χ0n) is 9.46. The quantitative estimate of drug-likeness (QED) is 0.797. The third kappa shape index (κ3) is 3.61. The fourth-order valence-electron chi connectivity index (χ4n) is 1.39. The average Bonchev–Trinajstić information content (AvgIpc) is 2.83. The summed E-state index contributed by atoms with van der Waals surface area (Å²) in [6.45, 7) is 5.10. The minimum Gasteiger partial charge on any atom is -0.303 e. The third-order valence-corrected chi connectivity index (χ3v) is 6.64. The third-order valence-electron chi connectivity index (χ3n) is 2.29. The second kappa shape index (κ2) is 5.93. The van der Waals surface area contributed by atoms with Gasteiger partial charge in [0.25, 0.3) is 0 Å². The van der Waals surface area contributed by atoms with Crippen LogP contribution >= 0.6 is 54.5 Å². The lowest BCUT2D eigenvalue weighted by molar-refractivity contribution is 0.576. The van der Waals surface area contributed by atoms with Gasteiger partial charge in [-0.05, 0) is 51.8 Å². The molecule has 0 saturated heterocycles. The zero-order chi connectivity index (χ0) is 12.4. The summed E-state index contributed by atoms with van der Waals surface area (Å²) in [6.07, 6.45) is 1.93.